The van der Waals surface area contributed by atoms with Crippen LogP contribution in [0.2, 0.25) is 5.02 Å². The zero-order valence-corrected chi connectivity index (χ0v) is 16.4. The van der Waals surface area contributed by atoms with Gasteiger partial charge >= 0.3 is 0 Å². The highest BCUT2D eigenvalue weighted by atomic mass is 35.5. The molecule has 1 N–H and O–H groups in total. The molecule has 140 valence electrons. The molecule has 0 bridgehead atoms. The van der Waals surface area contributed by atoms with Gasteiger partial charge in [0.2, 0.25) is 0 Å². The van der Waals surface area contributed by atoms with Gasteiger partial charge in [0.25, 0.3) is 5.91 Å². The first kappa shape index (κ1) is 18.2. The second-order valence-electron chi connectivity index (χ2n) is 6.63. The number of aromatic nitrogens is 3. The van der Waals surface area contributed by atoms with Crippen LogP contribution in [0.4, 0.5) is 5.69 Å². The number of amides is 1. The van der Waals surface area contributed by atoms with E-state index in [1.54, 1.807) is 29.1 Å². The van der Waals surface area contributed by atoms with E-state index in [9.17, 15) is 4.79 Å². The number of rotatable bonds is 4. The molecule has 4 rings (SSSR count). The van der Waals surface area contributed by atoms with Gasteiger partial charge in [-0.3, -0.25) is 4.79 Å². The SMILES string of the molecule is CCc1ccc(-n2nc3cc(C)c(NC(=O)c4cccc(Cl)c4)cc3n2)cc1. The third kappa shape index (κ3) is 3.62. The predicted molar refractivity (Wildman–Crippen MR) is 112 cm³/mol. The Labute approximate surface area is 167 Å². The van der Waals surface area contributed by atoms with Gasteiger partial charge in [-0.2, -0.15) is 4.80 Å². The standard InChI is InChI=1S/C22H19ClN4O/c1-3-15-7-9-18(10-8-15)27-25-20-11-14(2)19(13-21(20)26-27)24-22(28)16-5-4-6-17(23)12-16/h4-13H,3H2,1-2H3,(H,24,28). The minimum atomic E-state index is -0.215. The number of benzene rings is 3. The minimum absolute atomic E-state index is 0.215. The van der Waals surface area contributed by atoms with Gasteiger partial charge in [0.1, 0.15) is 11.0 Å². The van der Waals surface area contributed by atoms with Crippen molar-refractivity contribution in [3.05, 3.63) is 82.4 Å². The summed E-state index contributed by atoms with van der Waals surface area (Å²) in [6.45, 7) is 4.06. The minimum Gasteiger partial charge on any atom is -0.322 e. The third-order valence-corrected chi connectivity index (χ3v) is 4.87. The molecule has 1 aromatic heterocycles. The molecule has 0 radical (unpaired) electrons. The molecule has 3 aromatic carbocycles. The molecule has 4 aromatic rings. The van der Waals surface area contributed by atoms with Crippen LogP contribution in [0.25, 0.3) is 16.7 Å². The molecule has 0 aliphatic heterocycles. The first-order valence-corrected chi connectivity index (χ1v) is 9.45. The summed E-state index contributed by atoms with van der Waals surface area (Å²) >= 11 is 5.98. The van der Waals surface area contributed by atoms with Crippen molar-refractivity contribution in [1.29, 1.82) is 0 Å². The number of hydrogen-bond donors (Lipinski definition) is 1. The van der Waals surface area contributed by atoms with Crippen LogP contribution < -0.4 is 5.32 Å². The average molecular weight is 391 g/mol. The Hall–Kier alpha value is -3.18. The molecular weight excluding hydrogens is 372 g/mol. The van der Waals surface area contributed by atoms with Gasteiger partial charge in [0.15, 0.2) is 0 Å². The topological polar surface area (TPSA) is 59.8 Å². The van der Waals surface area contributed by atoms with Crippen molar-refractivity contribution in [2.75, 3.05) is 5.32 Å². The molecule has 0 aliphatic rings. The first-order chi connectivity index (χ1) is 13.5. The van der Waals surface area contributed by atoms with Crippen molar-refractivity contribution >= 4 is 34.2 Å². The summed E-state index contributed by atoms with van der Waals surface area (Å²) in [7, 11) is 0. The van der Waals surface area contributed by atoms with E-state index in [1.807, 2.05) is 31.2 Å². The molecule has 0 fully saturated rings. The summed E-state index contributed by atoms with van der Waals surface area (Å²) < 4.78 is 0. The second kappa shape index (κ2) is 7.44. The zero-order chi connectivity index (χ0) is 19.7. The fourth-order valence-corrected chi connectivity index (χ4v) is 3.20. The summed E-state index contributed by atoms with van der Waals surface area (Å²) in [5.41, 5.74) is 5.77. The fourth-order valence-electron chi connectivity index (χ4n) is 3.01. The molecule has 0 unspecified atom stereocenters. The lowest BCUT2D eigenvalue weighted by Gasteiger charge is -2.08. The summed E-state index contributed by atoms with van der Waals surface area (Å²) in [5, 5.41) is 12.6. The average Bonchev–Trinajstić information content (AvgIpc) is 3.11. The maximum absolute atomic E-state index is 12.5. The van der Waals surface area contributed by atoms with E-state index in [4.69, 9.17) is 11.6 Å². The van der Waals surface area contributed by atoms with Crippen LogP contribution >= 0.6 is 11.6 Å². The number of nitrogens with one attached hydrogen (secondary N) is 1. The number of carbonyl (C=O) groups excluding carboxylic acids is 1. The Bertz CT molecular complexity index is 1170. The van der Waals surface area contributed by atoms with Gasteiger partial charge in [0.05, 0.1) is 5.69 Å². The number of halogens is 1. The van der Waals surface area contributed by atoms with Crippen molar-refractivity contribution < 1.29 is 4.79 Å². The van der Waals surface area contributed by atoms with Gasteiger partial charge in [-0.05, 0) is 66.9 Å². The molecular formula is C22H19ClN4O. The van der Waals surface area contributed by atoms with E-state index in [-0.39, 0.29) is 5.91 Å². The van der Waals surface area contributed by atoms with Gasteiger partial charge in [-0.1, -0.05) is 36.7 Å². The van der Waals surface area contributed by atoms with E-state index >= 15 is 0 Å². The maximum atomic E-state index is 12.5. The molecule has 5 nitrogen and oxygen atoms in total. The summed E-state index contributed by atoms with van der Waals surface area (Å²) in [6.07, 6.45) is 0.990. The summed E-state index contributed by atoms with van der Waals surface area (Å²) in [6, 6.07) is 18.8. The number of fused-ring (bicyclic) bond motifs is 1. The largest absolute Gasteiger partial charge is 0.322 e. The highest BCUT2D eigenvalue weighted by Crippen LogP contribution is 2.23. The smallest absolute Gasteiger partial charge is 0.255 e. The van der Waals surface area contributed by atoms with Gasteiger partial charge in [-0.25, -0.2) is 0 Å². The van der Waals surface area contributed by atoms with Gasteiger partial charge in [-0.15, -0.1) is 10.2 Å². The molecule has 0 spiro atoms. The maximum Gasteiger partial charge on any atom is 0.255 e. The zero-order valence-electron chi connectivity index (χ0n) is 15.6. The molecule has 0 aliphatic carbocycles. The van der Waals surface area contributed by atoms with Crippen molar-refractivity contribution in [1.82, 2.24) is 15.0 Å². The molecule has 0 saturated heterocycles. The van der Waals surface area contributed by atoms with Crippen LogP contribution in [0.15, 0.2) is 60.7 Å². The molecule has 0 atom stereocenters. The molecule has 0 saturated carbocycles. The molecule has 6 heteroatoms. The lowest BCUT2D eigenvalue weighted by Crippen LogP contribution is -2.12. The van der Waals surface area contributed by atoms with Crippen LogP contribution in [-0.4, -0.2) is 20.9 Å². The Morgan fingerprint density at radius 1 is 1.04 bits per heavy atom. The Balaban J connectivity index is 1.65. The van der Waals surface area contributed by atoms with Crippen molar-refractivity contribution in [3.8, 4) is 5.69 Å². The van der Waals surface area contributed by atoms with Crippen molar-refractivity contribution in [3.63, 3.8) is 0 Å². The van der Waals surface area contributed by atoms with Crippen molar-refractivity contribution in [2.45, 2.75) is 20.3 Å². The Morgan fingerprint density at radius 3 is 2.43 bits per heavy atom. The lowest BCUT2D eigenvalue weighted by molar-refractivity contribution is 0.102. The molecule has 28 heavy (non-hydrogen) atoms. The highest BCUT2D eigenvalue weighted by Gasteiger charge is 2.12. The number of anilines is 1. The van der Waals surface area contributed by atoms with E-state index in [1.165, 1.54) is 5.56 Å². The second-order valence-corrected chi connectivity index (χ2v) is 7.07. The van der Waals surface area contributed by atoms with Crippen molar-refractivity contribution in [2.24, 2.45) is 0 Å². The van der Waals surface area contributed by atoms with Gasteiger partial charge in [0, 0.05) is 16.3 Å². The van der Waals surface area contributed by atoms with Crippen LogP contribution in [0.3, 0.4) is 0 Å². The van der Waals surface area contributed by atoms with Crippen LogP contribution in [-0.2, 0) is 6.42 Å². The third-order valence-electron chi connectivity index (χ3n) is 4.64. The summed E-state index contributed by atoms with van der Waals surface area (Å²) in [4.78, 5) is 14.1. The Morgan fingerprint density at radius 2 is 1.75 bits per heavy atom. The number of hydrogen-bond acceptors (Lipinski definition) is 3. The van der Waals surface area contributed by atoms with Crippen LogP contribution in [0.5, 0.6) is 0 Å². The first-order valence-electron chi connectivity index (χ1n) is 9.07. The highest BCUT2D eigenvalue weighted by molar-refractivity contribution is 6.31. The quantitative estimate of drug-likeness (QED) is 0.521. The Kier molecular flexibility index (Phi) is 4.84. The fraction of sp³-hybridized carbons (Fsp3) is 0.136. The van der Waals surface area contributed by atoms with E-state index in [0.717, 1.165) is 23.2 Å². The number of nitrogens with zero attached hydrogens (tertiary/aromatic N) is 3. The normalized spacial score (nSPS) is 11.0. The van der Waals surface area contributed by atoms with E-state index in [2.05, 4.69) is 34.6 Å². The predicted octanol–water partition coefficient (Wildman–Crippen LogP) is 5.20. The number of carbonyl (C=O) groups is 1. The monoisotopic (exact) mass is 390 g/mol. The molecule has 1 amide bonds. The number of aryl methyl sites for hydroxylation is 2. The van der Waals surface area contributed by atoms with E-state index in [0.29, 0.717) is 21.8 Å². The van der Waals surface area contributed by atoms with Crippen LogP contribution in [0.1, 0.15) is 28.4 Å². The van der Waals surface area contributed by atoms with E-state index < -0.39 is 0 Å². The molecule has 1 heterocycles. The van der Waals surface area contributed by atoms with Crippen LogP contribution in [0, 0.1) is 6.92 Å². The lowest BCUT2D eigenvalue weighted by atomic mass is 10.1. The summed E-state index contributed by atoms with van der Waals surface area (Å²) in [5.74, 6) is -0.215. The van der Waals surface area contributed by atoms with Gasteiger partial charge < -0.3 is 5.32 Å².